The van der Waals surface area contributed by atoms with E-state index in [-0.39, 0.29) is 37.4 Å². The van der Waals surface area contributed by atoms with Gasteiger partial charge in [-0.1, -0.05) is 38.0 Å². The molecule has 0 spiro atoms. The maximum Gasteiger partial charge on any atom is 0.243 e. The van der Waals surface area contributed by atoms with Gasteiger partial charge in [-0.25, -0.2) is 8.42 Å². The van der Waals surface area contributed by atoms with E-state index in [1.807, 2.05) is 57.2 Å². The predicted molar refractivity (Wildman–Crippen MR) is 155 cm³/mol. The van der Waals surface area contributed by atoms with Crippen molar-refractivity contribution in [2.24, 2.45) is 0 Å². The number of hydrogen-bond donors (Lipinski definition) is 1. The first kappa shape index (κ1) is 30.5. The number of carbonyl (C=O) groups excluding carboxylic acids is 2. The van der Waals surface area contributed by atoms with Crippen LogP contribution in [0.2, 0.25) is 0 Å². The monoisotopic (exact) mass is 557 g/mol. The third-order valence-electron chi connectivity index (χ3n) is 7.51. The molecule has 1 N–H and O–H groups in total. The summed E-state index contributed by atoms with van der Waals surface area (Å²) in [5.41, 5.74) is 3.53. The van der Waals surface area contributed by atoms with E-state index in [1.165, 1.54) is 10.6 Å². The fourth-order valence-corrected chi connectivity index (χ4v) is 6.10. The van der Waals surface area contributed by atoms with Gasteiger partial charge >= 0.3 is 0 Å². The average Bonchev–Trinajstić information content (AvgIpc) is 3.40. The van der Waals surface area contributed by atoms with Crippen LogP contribution in [0.1, 0.15) is 68.6 Å². The number of nitrogens with one attached hydrogen (secondary N) is 1. The Morgan fingerprint density at radius 3 is 2.41 bits per heavy atom. The Balaban J connectivity index is 1.78. The molecule has 214 valence electrons. The fraction of sp³-hybridized carbons (Fsp3) is 0.533. The third-order valence-corrected chi connectivity index (χ3v) is 8.70. The van der Waals surface area contributed by atoms with Crippen molar-refractivity contribution in [1.29, 1.82) is 0 Å². The highest BCUT2D eigenvalue weighted by molar-refractivity contribution is 7.92. The number of ether oxygens (including phenoxy) is 1. The Morgan fingerprint density at radius 2 is 1.79 bits per heavy atom. The standard InChI is InChI=1S/C30H43N3O5S/c1-6-28(30(35)31-25-12-7-8-13-25)32(21-24-11-9-14-27(20-24)38-4)29(34)15-10-18-33(39(5,36)37)26-17-16-22(2)23(3)19-26/h9,11,14,16-17,19-20,25,28H,6-8,10,12-13,15,18,21H2,1-5H3,(H,31,35)/t28-/m0/s1. The van der Waals surface area contributed by atoms with E-state index in [9.17, 15) is 18.0 Å². The molecule has 1 aliphatic rings. The molecule has 0 aliphatic heterocycles. The summed E-state index contributed by atoms with van der Waals surface area (Å²) >= 11 is 0. The number of hydrogen-bond acceptors (Lipinski definition) is 5. The summed E-state index contributed by atoms with van der Waals surface area (Å²) in [6.45, 7) is 6.27. The number of anilines is 1. The zero-order valence-electron chi connectivity index (χ0n) is 23.9. The molecule has 1 saturated carbocycles. The zero-order chi connectivity index (χ0) is 28.6. The van der Waals surface area contributed by atoms with Crippen molar-refractivity contribution in [3.05, 3.63) is 59.2 Å². The van der Waals surface area contributed by atoms with Crippen molar-refractivity contribution in [2.45, 2.75) is 84.3 Å². The molecule has 2 aromatic carbocycles. The maximum absolute atomic E-state index is 13.7. The van der Waals surface area contributed by atoms with Crippen LogP contribution < -0.4 is 14.4 Å². The van der Waals surface area contributed by atoms with Crippen LogP contribution in [0, 0.1) is 13.8 Å². The SMILES string of the molecule is CC[C@@H](C(=O)NC1CCCC1)N(Cc1cccc(OC)c1)C(=O)CCCN(c1ccc(C)c(C)c1)S(C)(=O)=O. The van der Waals surface area contributed by atoms with Crippen molar-refractivity contribution in [3.8, 4) is 5.75 Å². The molecule has 0 aromatic heterocycles. The molecule has 8 nitrogen and oxygen atoms in total. The van der Waals surface area contributed by atoms with E-state index in [0.29, 0.717) is 24.3 Å². The first-order valence-corrected chi connectivity index (χ1v) is 15.7. The van der Waals surface area contributed by atoms with E-state index >= 15 is 0 Å². The number of benzene rings is 2. The Labute approximate surface area is 233 Å². The van der Waals surface area contributed by atoms with Crippen LogP contribution >= 0.6 is 0 Å². The molecule has 0 bridgehead atoms. The number of nitrogens with zero attached hydrogens (tertiary/aromatic N) is 2. The number of methoxy groups -OCH3 is 1. The van der Waals surface area contributed by atoms with Gasteiger partial charge in [0.05, 0.1) is 19.1 Å². The van der Waals surface area contributed by atoms with Crippen molar-refractivity contribution in [3.63, 3.8) is 0 Å². The molecule has 0 unspecified atom stereocenters. The second-order valence-corrected chi connectivity index (χ2v) is 12.4. The minimum Gasteiger partial charge on any atom is -0.497 e. The summed E-state index contributed by atoms with van der Waals surface area (Å²) in [6.07, 6.45) is 6.24. The molecule has 0 saturated heterocycles. The molecule has 2 aromatic rings. The molecule has 39 heavy (non-hydrogen) atoms. The summed E-state index contributed by atoms with van der Waals surface area (Å²) < 4.78 is 31.9. The van der Waals surface area contributed by atoms with Crippen molar-refractivity contribution in [1.82, 2.24) is 10.2 Å². The summed E-state index contributed by atoms with van der Waals surface area (Å²) in [5.74, 6) is 0.369. The lowest BCUT2D eigenvalue weighted by molar-refractivity contribution is -0.141. The number of sulfonamides is 1. The second-order valence-electron chi connectivity index (χ2n) is 10.5. The summed E-state index contributed by atoms with van der Waals surface area (Å²) in [5, 5.41) is 3.15. The summed E-state index contributed by atoms with van der Waals surface area (Å²) in [4.78, 5) is 28.6. The van der Waals surface area contributed by atoms with Crippen LogP contribution in [0.4, 0.5) is 5.69 Å². The summed E-state index contributed by atoms with van der Waals surface area (Å²) in [7, 11) is -1.95. The lowest BCUT2D eigenvalue weighted by Crippen LogP contribution is -2.51. The second kappa shape index (κ2) is 13.8. The van der Waals surface area contributed by atoms with Gasteiger partial charge in [0.2, 0.25) is 21.8 Å². The molecule has 1 fully saturated rings. The zero-order valence-corrected chi connectivity index (χ0v) is 24.7. The van der Waals surface area contributed by atoms with Crippen LogP contribution in [0.25, 0.3) is 0 Å². The van der Waals surface area contributed by atoms with Gasteiger partial charge in [-0.05, 0) is 80.5 Å². The molecule has 1 aliphatic carbocycles. The van der Waals surface area contributed by atoms with E-state index < -0.39 is 16.1 Å². The molecule has 9 heteroatoms. The van der Waals surface area contributed by atoms with Crippen LogP contribution in [-0.2, 0) is 26.2 Å². The van der Waals surface area contributed by atoms with Gasteiger partial charge in [0.25, 0.3) is 0 Å². The number of carbonyl (C=O) groups is 2. The normalized spacial score (nSPS) is 14.6. The molecule has 3 rings (SSSR count). The van der Waals surface area contributed by atoms with E-state index in [0.717, 1.165) is 42.4 Å². The average molecular weight is 558 g/mol. The fourth-order valence-electron chi connectivity index (χ4n) is 5.14. The smallest absolute Gasteiger partial charge is 0.243 e. The highest BCUT2D eigenvalue weighted by Crippen LogP contribution is 2.24. The summed E-state index contributed by atoms with van der Waals surface area (Å²) in [6, 6.07) is 12.6. The minimum atomic E-state index is -3.54. The van der Waals surface area contributed by atoms with Crippen molar-refractivity contribution in [2.75, 3.05) is 24.2 Å². The molecular formula is C30H43N3O5S. The van der Waals surface area contributed by atoms with Gasteiger partial charge in [-0.2, -0.15) is 0 Å². The first-order chi connectivity index (χ1) is 18.5. The van der Waals surface area contributed by atoms with Crippen LogP contribution in [0.15, 0.2) is 42.5 Å². The number of amides is 2. The molecular weight excluding hydrogens is 514 g/mol. The molecule has 2 amide bonds. The lowest BCUT2D eigenvalue weighted by Gasteiger charge is -2.32. The number of aryl methyl sites for hydroxylation is 2. The lowest BCUT2D eigenvalue weighted by atomic mass is 10.1. The van der Waals surface area contributed by atoms with Gasteiger partial charge in [0, 0.05) is 25.6 Å². The minimum absolute atomic E-state index is 0.119. The maximum atomic E-state index is 13.7. The highest BCUT2D eigenvalue weighted by Gasteiger charge is 2.31. The van der Waals surface area contributed by atoms with Gasteiger partial charge in [-0.15, -0.1) is 0 Å². The Bertz CT molecular complexity index is 1240. The quantitative estimate of drug-likeness (QED) is 0.384. The van der Waals surface area contributed by atoms with E-state index in [4.69, 9.17) is 4.74 Å². The Hall–Kier alpha value is -3.07. The van der Waals surface area contributed by atoms with Gasteiger partial charge in [-0.3, -0.25) is 13.9 Å². The first-order valence-electron chi connectivity index (χ1n) is 13.8. The Kier molecular flexibility index (Phi) is 10.8. The largest absolute Gasteiger partial charge is 0.497 e. The Morgan fingerprint density at radius 1 is 1.08 bits per heavy atom. The van der Waals surface area contributed by atoms with Crippen molar-refractivity contribution < 1.29 is 22.7 Å². The van der Waals surface area contributed by atoms with Crippen molar-refractivity contribution >= 4 is 27.5 Å². The van der Waals surface area contributed by atoms with Gasteiger partial charge < -0.3 is 15.0 Å². The van der Waals surface area contributed by atoms with Crippen LogP contribution in [0.3, 0.4) is 0 Å². The molecule has 0 heterocycles. The molecule has 0 radical (unpaired) electrons. The van der Waals surface area contributed by atoms with E-state index in [2.05, 4.69) is 5.32 Å². The topological polar surface area (TPSA) is 96.0 Å². The van der Waals surface area contributed by atoms with Gasteiger partial charge in [0.1, 0.15) is 11.8 Å². The van der Waals surface area contributed by atoms with Crippen LogP contribution in [0.5, 0.6) is 5.75 Å². The highest BCUT2D eigenvalue weighted by atomic mass is 32.2. The van der Waals surface area contributed by atoms with E-state index in [1.54, 1.807) is 18.1 Å². The van der Waals surface area contributed by atoms with Gasteiger partial charge in [0.15, 0.2) is 0 Å². The molecule has 1 atom stereocenters. The third kappa shape index (κ3) is 8.46. The number of rotatable bonds is 13. The predicted octanol–water partition coefficient (Wildman–Crippen LogP) is 4.72. The van der Waals surface area contributed by atoms with Crippen LogP contribution in [-0.4, -0.2) is 57.1 Å².